The van der Waals surface area contributed by atoms with Crippen molar-refractivity contribution in [1.82, 2.24) is 9.21 Å². The van der Waals surface area contributed by atoms with Gasteiger partial charge in [0.2, 0.25) is 10.0 Å². The maximum absolute atomic E-state index is 12.0. The van der Waals surface area contributed by atoms with Crippen LogP contribution in [0.4, 0.5) is 4.79 Å². The molecule has 1 N–H and O–H groups in total. The molecule has 1 heterocycles. The molecule has 6 nitrogen and oxygen atoms in total. The van der Waals surface area contributed by atoms with Crippen molar-refractivity contribution in [2.75, 3.05) is 18.8 Å². The molecule has 1 aliphatic heterocycles. The molecule has 1 saturated heterocycles. The Kier molecular flexibility index (Phi) is 5.08. The molecule has 0 bridgehead atoms. The number of nitrogens with zero attached hydrogens (tertiary/aromatic N) is 2. The molecule has 0 saturated carbocycles. The summed E-state index contributed by atoms with van der Waals surface area (Å²) in [6.07, 6.45) is -0.311. The standard InChI is InChI=1S/C13H26N2O4S/c1-6-20(18,19)14-8-7-10(2)11(9-14)15(12(16)17)13(3,4)5/h10-11H,6-9H2,1-5H3,(H,16,17). The Morgan fingerprint density at radius 1 is 1.40 bits per heavy atom. The van der Waals surface area contributed by atoms with Gasteiger partial charge in [-0.1, -0.05) is 6.92 Å². The number of sulfonamides is 1. The van der Waals surface area contributed by atoms with Crippen molar-refractivity contribution in [2.24, 2.45) is 5.92 Å². The van der Waals surface area contributed by atoms with Crippen molar-refractivity contribution in [3.8, 4) is 0 Å². The number of amides is 1. The smallest absolute Gasteiger partial charge is 0.408 e. The summed E-state index contributed by atoms with van der Waals surface area (Å²) >= 11 is 0. The highest BCUT2D eigenvalue weighted by Gasteiger charge is 2.41. The van der Waals surface area contributed by atoms with Gasteiger partial charge in [-0.3, -0.25) is 4.90 Å². The van der Waals surface area contributed by atoms with E-state index in [2.05, 4.69) is 0 Å². The van der Waals surface area contributed by atoms with Crippen LogP contribution in [0.25, 0.3) is 0 Å². The number of carboxylic acid groups (broad SMARTS) is 1. The van der Waals surface area contributed by atoms with Gasteiger partial charge in [-0.2, -0.15) is 4.31 Å². The van der Waals surface area contributed by atoms with Crippen LogP contribution in [0.15, 0.2) is 0 Å². The summed E-state index contributed by atoms with van der Waals surface area (Å²) in [6.45, 7) is 9.83. The fraction of sp³-hybridized carbons (Fsp3) is 0.923. The number of carbonyl (C=O) groups is 1. The number of hydrogen-bond donors (Lipinski definition) is 1. The van der Waals surface area contributed by atoms with Crippen molar-refractivity contribution >= 4 is 16.1 Å². The Labute approximate surface area is 121 Å². The molecule has 1 aliphatic rings. The molecule has 1 amide bonds. The molecule has 0 aliphatic carbocycles. The third-order valence-corrected chi connectivity index (χ3v) is 5.75. The van der Waals surface area contributed by atoms with E-state index in [0.29, 0.717) is 13.0 Å². The summed E-state index contributed by atoms with van der Waals surface area (Å²) in [4.78, 5) is 13.0. The van der Waals surface area contributed by atoms with Gasteiger partial charge < -0.3 is 5.11 Å². The molecule has 1 rings (SSSR count). The Morgan fingerprint density at radius 3 is 2.35 bits per heavy atom. The van der Waals surface area contributed by atoms with E-state index in [4.69, 9.17) is 0 Å². The fourth-order valence-electron chi connectivity index (χ4n) is 2.72. The lowest BCUT2D eigenvalue weighted by molar-refractivity contribution is 0.0288. The van der Waals surface area contributed by atoms with Gasteiger partial charge in [0, 0.05) is 18.6 Å². The molecule has 2 unspecified atom stereocenters. The largest absolute Gasteiger partial charge is 0.465 e. The van der Waals surface area contributed by atoms with E-state index < -0.39 is 21.7 Å². The van der Waals surface area contributed by atoms with Crippen LogP contribution in [0.1, 0.15) is 41.0 Å². The third kappa shape index (κ3) is 3.63. The first-order valence-corrected chi connectivity index (χ1v) is 8.61. The molecule has 1 fully saturated rings. The van der Waals surface area contributed by atoms with Gasteiger partial charge in [0.25, 0.3) is 0 Å². The lowest BCUT2D eigenvalue weighted by Gasteiger charge is -2.46. The molecule has 0 aromatic rings. The zero-order chi connectivity index (χ0) is 15.7. The highest BCUT2D eigenvalue weighted by Crippen LogP contribution is 2.29. The van der Waals surface area contributed by atoms with Crippen LogP contribution < -0.4 is 0 Å². The van der Waals surface area contributed by atoms with Gasteiger partial charge in [0.15, 0.2) is 0 Å². The molecule has 0 aromatic carbocycles. The minimum atomic E-state index is -3.27. The maximum Gasteiger partial charge on any atom is 0.408 e. The van der Waals surface area contributed by atoms with Crippen LogP contribution >= 0.6 is 0 Å². The van der Waals surface area contributed by atoms with E-state index in [1.807, 2.05) is 27.7 Å². The second-order valence-corrected chi connectivity index (χ2v) is 8.67. The number of rotatable bonds is 3. The van der Waals surface area contributed by atoms with Gasteiger partial charge in [-0.15, -0.1) is 0 Å². The fourth-order valence-corrected chi connectivity index (χ4v) is 3.85. The van der Waals surface area contributed by atoms with Crippen molar-refractivity contribution in [1.29, 1.82) is 0 Å². The minimum Gasteiger partial charge on any atom is -0.465 e. The van der Waals surface area contributed by atoms with Gasteiger partial charge in [0.05, 0.1) is 11.8 Å². The minimum absolute atomic E-state index is 0.0523. The Balaban J connectivity index is 3.05. The first-order valence-electron chi connectivity index (χ1n) is 7.00. The lowest BCUT2D eigenvalue weighted by Crippen LogP contribution is -2.60. The number of hydrogen-bond acceptors (Lipinski definition) is 3. The summed E-state index contributed by atoms with van der Waals surface area (Å²) in [6, 6.07) is -0.303. The van der Waals surface area contributed by atoms with Crippen LogP contribution in [0.2, 0.25) is 0 Å². The van der Waals surface area contributed by atoms with Gasteiger partial charge in [-0.05, 0) is 40.0 Å². The van der Waals surface area contributed by atoms with Crippen LogP contribution in [0.5, 0.6) is 0 Å². The second-order valence-electron chi connectivity index (χ2n) is 6.42. The van der Waals surface area contributed by atoms with Crippen LogP contribution in [0, 0.1) is 5.92 Å². The van der Waals surface area contributed by atoms with Gasteiger partial charge >= 0.3 is 6.09 Å². The molecule has 118 valence electrons. The van der Waals surface area contributed by atoms with Crippen molar-refractivity contribution < 1.29 is 18.3 Å². The molecule has 0 aromatic heterocycles. The van der Waals surface area contributed by atoms with Crippen molar-refractivity contribution in [3.05, 3.63) is 0 Å². The van der Waals surface area contributed by atoms with Crippen LogP contribution in [-0.4, -0.2) is 59.2 Å². The van der Waals surface area contributed by atoms with Crippen LogP contribution in [0.3, 0.4) is 0 Å². The average Bonchev–Trinajstić information content (AvgIpc) is 2.29. The normalized spacial score (nSPS) is 25.4. The second kappa shape index (κ2) is 5.89. The lowest BCUT2D eigenvalue weighted by atomic mass is 9.90. The zero-order valence-corrected chi connectivity index (χ0v) is 13.8. The Morgan fingerprint density at radius 2 is 1.95 bits per heavy atom. The summed E-state index contributed by atoms with van der Waals surface area (Å²) in [5, 5.41) is 9.48. The van der Waals surface area contributed by atoms with Crippen LogP contribution in [-0.2, 0) is 10.0 Å². The highest BCUT2D eigenvalue weighted by molar-refractivity contribution is 7.89. The van der Waals surface area contributed by atoms with E-state index in [1.165, 1.54) is 9.21 Å². The quantitative estimate of drug-likeness (QED) is 0.863. The van der Waals surface area contributed by atoms with E-state index in [-0.39, 0.29) is 24.3 Å². The highest BCUT2D eigenvalue weighted by atomic mass is 32.2. The third-order valence-electron chi connectivity index (χ3n) is 3.90. The van der Waals surface area contributed by atoms with Crippen molar-refractivity contribution in [3.63, 3.8) is 0 Å². The predicted octanol–water partition coefficient (Wildman–Crippen LogP) is 1.82. The topological polar surface area (TPSA) is 77.9 Å². The molecular formula is C13H26N2O4S. The molecule has 0 spiro atoms. The van der Waals surface area contributed by atoms with Gasteiger partial charge in [0.1, 0.15) is 0 Å². The van der Waals surface area contributed by atoms with E-state index >= 15 is 0 Å². The summed E-state index contributed by atoms with van der Waals surface area (Å²) < 4.78 is 25.4. The number of piperidine rings is 1. The summed E-state index contributed by atoms with van der Waals surface area (Å²) in [5.41, 5.74) is -0.552. The van der Waals surface area contributed by atoms with E-state index in [9.17, 15) is 18.3 Å². The summed E-state index contributed by atoms with van der Waals surface area (Å²) in [5.74, 6) is 0.199. The molecule has 2 atom stereocenters. The first kappa shape index (κ1) is 17.2. The first-order chi connectivity index (χ1) is 9.00. The summed E-state index contributed by atoms with van der Waals surface area (Å²) in [7, 11) is -3.27. The molecule has 0 radical (unpaired) electrons. The molecule has 7 heteroatoms. The molecule has 20 heavy (non-hydrogen) atoms. The van der Waals surface area contributed by atoms with E-state index in [1.54, 1.807) is 6.92 Å². The van der Waals surface area contributed by atoms with Crippen molar-refractivity contribution in [2.45, 2.75) is 52.6 Å². The SMILES string of the molecule is CCS(=O)(=O)N1CCC(C)C(N(C(=O)O)C(C)(C)C)C1. The Bertz CT molecular complexity index is 455. The Hall–Kier alpha value is -0.820. The maximum atomic E-state index is 12.0. The zero-order valence-electron chi connectivity index (χ0n) is 13.0. The average molecular weight is 306 g/mol. The van der Waals surface area contributed by atoms with E-state index in [0.717, 1.165) is 0 Å². The predicted molar refractivity (Wildman–Crippen MR) is 78.2 cm³/mol. The van der Waals surface area contributed by atoms with Gasteiger partial charge in [-0.25, -0.2) is 13.2 Å². The molecular weight excluding hydrogens is 280 g/mol. The monoisotopic (exact) mass is 306 g/mol.